The fourth-order valence-electron chi connectivity index (χ4n) is 3.54. The smallest absolute Gasteiger partial charge is 0.270 e. The van der Waals surface area contributed by atoms with Crippen LogP contribution in [0, 0.1) is 10.1 Å². The Balaban J connectivity index is 1.70. The number of hydrogen-bond acceptors (Lipinski definition) is 5. The van der Waals surface area contributed by atoms with Crippen molar-refractivity contribution >= 4 is 17.7 Å². The quantitative estimate of drug-likeness (QED) is 0.364. The normalized spacial score (nSPS) is 13.1. The van der Waals surface area contributed by atoms with Gasteiger partial charge in [0.1, 0.15) is 12.3 Å². The number of hydrogen-bond donors (Lipinski definition) is 2. The Morgan fingerprint density at radius 1 is 1.23 bits per heavy atom. The molecule has 1 amide bonds. The van der Waals surface area contributed by atoms with Crippen molar-refractivity contribution in [2.45, 2.75) is 33.5 Å². The molecular weight excluding hydrogens is 398 g/mol. The molecule has 8 nitrogen and oxygen atoms in total. The number of nitro groups is 1. The van der Waals surface area contributed by atoms with Crippen molar-refractivity contribution in [2.75, 3.05) is 19.9 Å². The van der Waals surface area contributed by atoms with Gasteiger partial charge in [0, 0.05) is 41.4 Å². The van der Waals surface area contributed by atoms with Crippen molar-refractivity contribution in [1.29, 1.82) is 0 Å². The minimum absolute atomic E-state index is 0.0688. The van der Waals surface area contributed by atoms with Crippen LogP contribution in [0.1, 0.15) is 36.1 Å². The van der Waals surface area contributed by atoms with Crippen LogP contribution >= 0.6 is 0 Å². The SMILES string of the molecule is CC[NH+](CC)Cc1ccccc1CNC(=O)/C=C/c1cc([N+](=O)[O-])cc2c1OCOC2. The number of nitrogens with zero attached hydrogens (tertiary/aromatic N) is 1. The lowest BCUT2D eigenvalue weighted by Crippen LogP contribution is -3.10. The first-order valence-corrected chi connectivity index (χ1v) is 10.4. The van der Waals surface area contributed by atoms with Crippen molar-refractivity contribution in [3.8, 4) is 5.75 Å². The first kappa shape index (κ1) is 22.5. The number of rotatable bonds is 9. The van der Waals surface area contributed by atoms with Gasteiger partial charge in [-0.15, -0.1) is 0 Å². The third-order valence-electron chi connectivity index (χ3n) is 5.36. The summed E-state index contributed by atoms with van der Waals surface area (Å²) in [4.78, 5) is 24.6. The van der Waals surface area contributed by atoms with E-state index < -0.39 is 4.92 Å². The maximum absolute atomic E-state index is 12.4. The van der Waals surface area contributed by atoms with Gasteiger partial charge in [-0.25, -0.2) is 0 Å². The molecule has 2 aromatic carbocycles. The third-order valence-corrected chi connectivity index (χ3v) is 5.36. The average Bonchev–Trinajstić information content (AvgIpc) is 2.79. The number of non-ortho nitro benzene ring substituents is 1. The lowest BCUT2D eigenvalue weighted by atomic mass is 10.1. The van der Waals surface area contributed by atoms with E-state index in [4.69, 9.17) is 9.47 Å². The Morgan fingerprint density at radius 3 is 2.68 bits per heavy atom. The molecule has 2 aromatic rings. The Kier molecular flexibility index (Phi) is 7.75. The zero-order chi connectivity index (χ0) is 22.2. The van der Waals surface area contributed by atoms with Crippen LogP contribution in [0.5, 0.6) is 5.75 Å². The third kappa shape index (κ3) is 5.90. The molecule has 0 saturated carbocycles. The van der Waals surface area contributed by atoms with E-state index in [-0.39, 0.29) is 25.0 Å². The van der Waals surface area contributed by atoms with Crippen molar-refractivity contribution in [3.63, 3.8) is 0 Å². The number of ether oxygens (including phenoxy) is 2. The molecule has 1 aliphatic heterocycles. The Hall–Kier alpha value is -3.23. The molecule has 164 valence electrons. The van der Waals surface area contributed by atoms with Gasteiger partial charge in [0.05, 0.1) is 24.6 Å². The van der Waals surface area contributed by atoms with Crippen LogP contribution in [-0.4, -0.2) is 30.7 Å². The topological polar surface area (TPSA) is 95.1 Å². The number of nitrogens with one attached hydrogen (secondary N) is 2. The first-order chi connectivity index (χ1) is 15.0. The molecule has 8 heteroatoms. The monoisotopic (exact) mass is 426 g/mol. The van der Waals surface area contributed by atoms with Crippen LogP contribution in [0.25, 0.3) is 6.08 Å². The highest BCUT2D eigenvalue weighted by Gasteiger charge is 2.20. The summed E-state index contributed by atoms with van der Waals surface area (Å²) in [5.74, 6) is 0.228. The van der Waals surface area contributed by atoms with Crippen molar-refractivity contribution in [3.05, 3.63) is 74.8 Å². The van der Waals surface area contributed by atoms with Gasteiger partial charge in [-0.1, -0.05) is 24.3 Å². The van der Waals surface area contributed by atoms with Crippen LogP contribution in [0.15, 0.2) is 42.5 Å². The molecule has 0 atom stereocenters. The predicted molar refractivity (Wildman–Crippen MR) is 116 cm³/mol. The minimum atomic E-state index is -0.471. The lowest BCUT2D eigenvalue weighted by molar-refractivity contribution is -0.910. The molecule has 1 aliphatic rings. The molecule has 2 N–H and O–H groups in total. The molecule has 0 saturated heterocycles. The molecule has 3 rings (SSSR count). The lowest BCUT2D eigenvalue weighted by Gasteiger charge is -2.19. The van der Waals surface area contributed by atoms with E-state index in [1.54, 1.807) is 6.08 Å². The Morgan fingerprint density at radius 2 is 1.97 bits per heavy atom. The summed E-state index contributed by atoms with van der Waals surface area (Å²) < 4.78 is 10.7. The van der Waals surface area contributed by atoms with Gasteiger partial charge >= 0.3 is 0 Å². The molecular formula is C23H28N3O5+. The van der Waals surface area contributed by atoms with Crippen molar-refractivity contribution < 1.29 is 24.1 Å². The number of carbonyl (C=O) groups is 1. The fourth-order valence-corrected chi connectivity index (χ4v) is 3.54. The average molecular weight is 426 g/mol. The van der Waals surface area contributed by atoms with E-state index in [1.807, 2.05) is 18.2 Å². The van der Waals surface area contributed by atoms with Crippen molar-refractivity contribution in [1.82, 2.24) is 5.32 Å². The summed E-state index contributed by atoms with van der Waals surface area (Å²) in [6.07, 6.45) is 2.91. The molecule has 0 fully saturated rings. The predicted octanol–water partition coefficient (Wildman–Crippen LogP) is 2.22. The van der Waals surface area contributed by atoms with Crippen molar-refractivity contribution in [2.24, 2.45) is 0 Å². The molecule has 0 bridgehead atoms. The molecule has 0 radical (unpaired) electrons. The highest BCUT2D eigenvalue weighted by Crippen LogP contribution is 2.33. The second-order valence-corrected chi connectivity index (χ2v) is 7.34. The highest BCUT2D eigenvalue weighted by atomic mass is 16.7. The number of benzene rings is 2. The number of fused-ring (bicyclic) bond motifs is 1. The molecule has 0 unspecified atom stereocenters. The zero-order valence-corrected chi connectivity index (χ0v) is 17.8. The summed E-state index contributed by atoms with van der Waals surface area (Å²) in [6.45, 7) is 8.04. The number of amides is 1. The molecule has 0 spiro atoms. The Bertz CT molecular complexity index is 970. The largest absolute Gasteiger partial charge is 0.467 e. The van der Waals surface area contributed by atoms with Gasteiger partial charge in [0.15, 0.2) is 6.79 Å². The summed E-state index contributed by atoms with van der Waals surface area (Å²) >= 11 is 0. The minimum Gasteiger partial charge on any atom is -0.467 e. The van der Waals surface area contributed by atoms with Gasteiger partial charge in [0.2, 0.25) is 5.91 Å². The molecule has 0 aromatic heterocycles. The van der Waals surface area contributed by atoms with Gasteiger partial charge in [-0.3, -0.25) is 14.9 Å². The summed E-state index contributed by atoms with van der Waals surface area (Å²) in [5, 5.41) is 14.1. The number of carbonyl (C=O) groups excluding carboxylic acids is 1. The molecule has 31 heavy (non-hydrogen) atoms. The fraction of sp³-hybridized carbons (Fsp3) is 0.348. The highest BCUT2D eigenvalue weighted by molar-refractivity contribution is 5.92. The van der Waals surface area contributed by atoms with Crippen LogP contribution in [0.3, 0.4) is 0 Å². The molecule has 1 heterocycles. The van der Waals surface area contributed by atoms with E-state index in [0.29, 0.717) is 23.4 Å². The van der Waals surface area contributed by atoms with Gasteiger partial charge < -0.3 is 19.7 Å². The summed E-state index contributed by atoms with van der Waals surface area (Å²) in [7, 11) is 0. The maximum atomic E-state index is 12.4. The van der Waals surface area contributed by atoms with Crippen LogP contribution in [-0.2, 0) is 29.2 Å². The number of quaternary nitrogens is 1. The molecule has 0 aliphatic carbocycles. The van der Waals surface area contributed by atoms with E-state index in [1.165, 1.54) is 28.7 Å². The van der Waals surface area contributed by atoms with Crippen LogP contribution < -0.4 is 15.0 Å². The standard InChI is InChI=1S/C23H27N3O5/c1-3-25(4-2)14-19-8-6-5-7-18(19)13-24-22(27)10-9-17-11-21(26(28)29)12-20-15-30-16-31-23(17)20/h5-12H,3-4,13-16H2,1-2H3,(H,24,27)/p+1/b10-9+. The van der Waals surface area contributed by atoms with Gasteiger partial charge in [0.25, 0.3) is 5.69 Å². The first-order valence-electron chi connectivity index (χ1n) is 10.4. The van der Waals surface area contributed by atoms with E-state index in [9.17, 15) is 14.9 Å². The van der Waals surface area contributed by atoms with E-state index in [0.717, 1.165) is 25.2 Å². The van der Waals surface area contributed by atoms with Gasteiger partial charge in [-0.2, -0.15) is 0 Å². The van der Waals surface area contributed by atoms with Gasteiger partial charge in [-0.05, 0) is 25.5 Å². The summed E-state index contributed by atoms with van der Waals surface area (Å²) in [6, 6.07) is 10.9. The second kappa shape index (κ2) is 10.7. The van der Waals surface area contributed by atoms with Crippen LogP contribution in [0.4, 0.5) is 5.69 Å². The maximum Gasteiger partial charge on any atom is 0.270 e. The zero-order valence-electron chi connectivity index (χ0n) is 17.8. The van der Waals surface area contributed by atoms with E-state index >= 15 is 0 Å². The van der Waals surface area contributed by atoms with Crippen LogP contribution in [0.2, 0.25) is 0 Å². The second-order valence-electron chi connectivity index (χ2n) is 7.34. The number of nitro benzene ring substituents is 1. The summed E-state index contributed by atoms with van der Waals surface area (Å²) in [5.41, 5.74) is 3.30. The Labute approximate surface area is 181 Å². The van der Waals surface area contributed by atoms with E-state index in [2.05, 4.69) is 25.2 Å².